The highest BCUT2D eigenvalue weighted by Gasteiger charge is 2.45. The van der Waals surface area contributed by atoms with Gasteiger partial charge in [-0.2, -0.15) is 0 Å². The van der Waals surface area contributed by atoms with Gasteiger partial charge in [0.1, 0.15) is 60.4 Å². The van der Waals surface area contributed by atoms with E-state index in [1.807, 2.05) is 0 Å². The van der Waals surface area contributed by atoms with Crippen LogP contribution in [0.25, 0.3) is 21.8 Å². The van der Waals surface area contributed by atoms with E-state index in [0.717, 1.165) is 0 Å². The van der Waals surface area contributed by atoms with Crippen LogP contribution in [0.1, 0.15) is 100 Å². The number of hydrogen-bond acceptors (Lipinski definition) is 13. The molecule has 524 valence electrons. The molecule has 9 rings (SSSR count). The molecule has 10 amide bonds. The normalized spacial score (nSPS) is 23.8. The molecule has 13 N–H and O–H groups in total. The maximum atomic E-state index is 15.2. The first-order chi connectivity index (χ1) is 47.4. The van der Waals surface area contributed by atoms with E-state index in [2.05, 4.69) is 52.5 Å². The molecule has 0 unspecified atom stereocenters. The molecular weight excluding hydrogens is 1300 g/mol. The fraction of sp³-hybridized carbons (Fsp3) is 0.414. The fourth-order valence-electron chi connectivity index (χ4n) is 12.9. The molecule has 4 aromatic carbocycles. The zero-order valence-corrected chi connectivity index (χ0v) is 55.3. The Hall–Kier alpha value is -10.6. The number of para-hydroxylation sites is 1. The van der Waals surface area contributed by atoms with Crippen molar-refractivity contribution in [3.63, 3.8) is 0 Å². The molecular formula is C70H81ClN12O16. The van der Waals surface area contributed by atoms with Crippen molar-refractivity contribution in [2.24, 2.45) is 5.92 Å². The van der Waals surface area contributed by atoms with Crippen LogP contribution >= 0.6 is 11.6 Å². The van der Waals surface area contributed by atoms with Gasteiger partial charge in [0, 0.05) is 90.8 Å². The van der Waals surface area contributed by atoms with Crippen LogP contribution in [0.15, 0.2) is 116 Å². The Morgan fingerprint density at radius 3 is 1.40 bits per heavy atom. The molecule has 6 aromatic rings. The highest BCUT2D eigenvalue weighted by Crippen LogP contribution is 2.28. The summed E-state index contributed by atoms with van der Waals surface area (Å²) in [6.07, 6.45) is -0.731. The molecule has 10 atom stereocenters. The zero-order valence-electron chi connectivity index (χ0n) is 54.6. The van der Waals surface area contributed by atoms with Crippen molar-refractivity contribution in [3.05, 3.63) is 143 Å². The van der Waals surface area contributed by atoms with Gasteiger partial charge in [-0.3, -0.25) is 62.3 Å². The van der Waals surface area contributed by atoms with Crippen LogP contribution < -0.4 is 42.5 Å². The third kappa shape index (κ3) is 19.4. The van der Waals surface area contributed by atoms with Gasteiger partial charge in [0.15, 0.2) is 0 Å². The van der Waals surface area contributed by atoms with Gasteiger partial charge in [-0.1, -0.05) is 110 Å². The van der Waals surface area contributed by atoms with Gasteiger partial charge in [-0.15, -0.1) is 0 Å². The highest BCUT2D eigenvalue weighted by atomic mass is 35.5. The highest BCUT2D eigenvalue weighted by molar-refractivity contribution is 6.31. The first kappa shape index (κ1) is 72.6. The number of amides is 10. The lowest BCUT2D eigenvalue weighted by Crippen LogP contribution is -2.62. The summed E-state index contributed by atoms with van der Waals surface area (Å²) >= 11 is 6.33. The second-order valence-corrected chi connectivity index (χ2v) is 26.0. The Labute approximate surface area is 573 Å². The number of halogens is 1. The fourth-order valence-corrected chi connectivity index (χ4v) is 13.1. The quantitative estimate of drug-likeness (QED) is 0.0588. The molecule has 0 aliphatic carbocycles. The van der Waals surface area contributed by atoms with Crippen molar-refractivity contribution in [1.82, 2.24) is 62.3 Å². The lowest BCUT2D eigenvalue weighted by Gasteiger charge is -2.34. The number of nitrogens with one attached hydrogen (secondary N) is 10. The number of benzene rings is 4. The number of fused-ring (bicyclic) bond motifs is 4. The minimum Gasteiger partial charge on any atom is -0.481 e. The summed E-state index contributed by atoms with van der Waals surface area (Å²) in [5.41, 5.74) is 3.14. The van der Waals surface area contributed by atoms with E-state index < -0.39 is 175 Å². The predicted octanol–water partition coefficient (Wildman–Crippen LogP) is 2.70. The number of nitrogens with zero attached hydrogens (tertiary/aromatic N) is 2. The number of carbonyl (C=O) groups excluding carboxylic acids is 10. The SMILES string of the molecule is CC(C)C[C@@H]1NC(=O)[C@H](Cc2c[nH]c3cc(Cl)ccc23)NC(=O)[C@H](CCC(=O)O)NC(=O)[C@H](Cc2ccccc2)NC(=O)[C@@H]2CCCN2C(=O)[C@H]2CCCN2C(=O)[C@H](Cc2ccccc2)NC(=O)[C@H](CCC(=O)O)NC(=O)[C@H](Cc2c[nH]c3ccccc23)NC(=O)[C@H](CC(=O)O)NC1=O. The lowest BCUT2D eigenvalue weighted by atomic mass is 9.99. The molecule has 2 aromatic heterocycles. The number of aromatic nitrogens is 2. The maximum Gasteiger partial charge on any atom is 0.305 e. The predicted molar refractivity (Wildman–Crippen MR) is 360 cm³/mol. The molecule has 3 aliphatic heterocycles. The third-order valence-corrected chi connectivity index (χ3v) is 18.1. The van der Waals surface area contributed by atoms with Crippen molar-refractivity contribution in [1.29, 1.82) is 0 Å². The first-order valence-electron chi connectivity index (χ1n) is 33.0. The topological polar surface area (TPSA) is 417 Å². The number of aromatic amines is 2. The number of carboxylic acids is 3. The molecule has 0 radical (unpaired) electrons. The summed E-state index contributed by atoms with van der Waals surface area (Å²) < 4.78 is 0. The van der Waals surface area contributed by atoms with Gasteiger partial charge in [-0.05, 0) is 91.3 Å². The molecule has 3 fully saturated rings. The van der Waals surface area contributed by atoms with Crippen LogP contribution in [-0.4, -0.2) is 186 Å². The average molecular weight is 1380 g/mol. The Morgan fingerprint density at radius 2 is 0.859 bits per heavy atom. The Bertz CT molecular complexity index is 3990. The zero-order chi connectivity index (χ0) is 71.0. The molecule has 0 saturated carbocycles. The summed E-state index contributed by atoms with van der Waals surface area (Å²) in [6, 6.07) is 13.1. The van der Waals surface area contributed by atoms with Crippen molar-refractivity contribution < 1.29 is 77.6 Å². The standard InChI is InChI=1S/C70H81ClN12O16/c1-38(2)29-50-63(92)79-54(35-60(88)89)67(96)78-52(32-41-36-72-46-18-10-9-17-44(41)46)65(94)75-48(24-26-59(86)87)62(91)81-55(31-40-15-7-4-8-16-40)69(98)83-28-12-20-57(83)70(99)82-27-11-19-56(82)68(97)80-51(30-39-13-5-3-6-14-39)64(93)74-47(23-25-58(84)85)61(90)77-53(66(95)76-50)33-42-37-73-49-34-43(71)21-22-45(42)49/h3-10,13-18,21-22,34,36-38,47-48,50-57,72-73H,11-12,19-20,23-33,35H2,1-2H3,(H,74,93)(H,75,94)(H,76,95)(H,77,90)(H,78,96)(H,79,92)(H,80,97)(H,81,91)(H,84,85)(H,86,87)(H,88,89)/t47-,48-,50-,51-,52-,53-,54-,55-,56-,57+/m0/s1. The lowest BCUT2D eigenvalue weighted by molar-refractivity contribution is -0.148. The van der Waals surface area contributed by atoms with Crippen LogP contribution in [0, 0.1) is 5.92 Å². The Balaban J connectivity index is 1.12. The average Bonchev–Trinajstić information content (AvgIpc) is 1.71. The van der Waals surface area contributed by atoms with Gasteiger partial charge in [0.25, 0.3) is 0 Å². The summed E-state index contributed by atoms with van der Waals surface area (Å²) in [4.78, 5) is 196. The van der Waals surface area contributed by atoms with Crippen molar-refractivity contribution in [3.8, 4) is 0 Å². The van der Waals surface area contributed by atoms with Crippen LogP contribution in [0.3, 0.4) is 0 Å². The van der Waals surface area contributed by atoms with E-state index in [1.54, 1.807) is 129 Å². The van der Waals surface area contributed by atoms with Gasteiger partial charge in [0.2, 0.25) is 59.1 Å². The van der Waals surface area contributed by atoms with Crippen molar-refractivity contribution in [2.45, 2.75) is 164 Å². The number of hydrogen-bond donors (Lipinski definition) is 13. The number of carbonyl (C=O) groups is 13. The number of H-pyrrole nitrogens is 2. The summed E-state index contributed by atoms with van der Waals surface area (Å²) in [6.45, 7) is 3.49. The molecule has 0 spiro atoms. The van der Waals surface area contributed by atoms with E-state index in [9.17, 15) is 58.5 Å². The maximum absolute atomic E-state index is 15.2. The van der Waals surface area contributed by atoms with E-state index in [-0.39, 0.29) is 58.0 Å². The van der Waals surface area contributed by atoms with Crippen LogP contribution in [-0.2, 0) is 88.0 Å². The monoisotopic (exact) mass is 1380 g/mol. The Morgan fingerprint density at radius 1 is 0.444 bits per heavy atom. The van der Waals surface area contributed by atoms with E-state index in [1.165, 1.54) is 9.80 Å². The van der Waals surface area contributed by atoms with Crippen molar-refractivity contribution in [2.75, 3.05) is 13.1 Å². The Kier molecular flexibility index (Phi) is 24.6. The van der Waals surface area contributed by atoms with Gasteiger partial charge in [-0.25, -0.2) is 0 Å². The van der Waals surface area contributed by atoms with Crippen LogP contribution in [0.5, 0.6) is 0 Å². The van der Waals surface area contributed by atoms with Crippen LogP contribution in [0.2, 0.25) is 5.02 Å². The first-order valence-corrected chi connectivity index (χ1v) is 33.3. The summed E-state index contributed by atoms with van der Waals surface area (Å²) in [5, 5.41) is 52.8. The number of rotatable bonds is 18. The molecule has 0 bridgehead atoms. The van der Waals surface area contributed by atoms with Crippen LogP contribution in [0.4, 0.5) is 0 Å². The van der Waals surface area contributed by atoms with E-state index >= 15 is 19.2 Å². The van der Waals surface area contributed by atoms with Gasteiger partial charge in [0.05, 0.1) is 6.42 Å². The molecule has 3 saturated heterocycles. The largest absolute Gasteiger partial charge is 0.481 e. The molecule has 99 heavy (non-hydrogen) atoms. The van der Waals surface area contributed by atoms with E-state index in [0.29, 0.717) is 61.9 Å². The molecule has 29 heteroatoms. The second kappa shape index (κ2) is 33.5. The number of aliphatic carboxylic acids is 3. The second-order valence-electron chi connectivity index (χ2n) is 25.6. The molecule has 5 heterocycles. The van der Waals surface area contributed by atoms with Crippen molar-refractivity contribution >= 4 is 110 Å². The van der Waals surface area contributed by atoms with E-state index in [4.69, 9.17) is 11.6 Å². The smallest absolute Gasteiger partial charge is 0.305 e. The summed E-state index contributed by atoms with van der Waals surface area (Å²) in [5.74, 6) is -14.3. The van der Waals surface area contributed by atoms with Gasteiger partial charge < -0.3 is 77.6 Å². The summed E-state index contributed by atoms with van der Waals surface area (Å²) in [7, 11) is 0. The molecule has 28 nitrogen and oxygen atoms in total. The van der Waals surface area contributed by atoms with Gasteiger partial charge >= 0.3 is 17.9 Å². The minimum absolute atomic E-state index is 0.0247. The third-order valence-electron chi connectivity index (χ3n) is 17.9. The number of carboxylic acid groups (broad SMARTS) is 3. The minimum atomic E-state index is -1.99. The molecule has 3 aliphatic rings.